The lowest BCUT2D eigenvalue weighted by molar-refractivity contribution is -0.124. The second-order valence-electron chi connectivity index (χ2n) is 4.88. The molecule has 0 saturated heterocycles. The molecular weight excluding hydrogens is 200 g/mol. The summed E-state index contributed by atoms with van der Waals surface area (Å²) in [7, 11) is 0. The third kappa shape index (κ3) is 2.43. The van der Waals surface area contributed by atoms with Gasteiger partial charge in [-0.3, -0.25) is 4.79 Å². The van der Waals surface area contributed by atoms with Gasteiger partial charge in [-0.05, 0) is 24.0 Å². The van der Waals surface area contributed by atoms with Crippen LogP contribution in [0.3, 0.4) is 0 Å². The normalized spacial score (nSPS) is 19.1. The van der Waals surface area contributed by atoms with Crippen LogP contribution < -0.4 is 4.74 Å². The van der Waals surface area contributed by atoms with Crippen molar-refractivity contribution in [2.45, 2.75) is 26.7 Å². The maximum Gasteiger partial charge on any atom is 0.139 e. The fourth-order valence-corrected chi connectivity index (χ4v) is 2.10. The number of rotatable bonds is 3. The number of Topliss-reactive ketones (excluding diaryl/α,β-unsaturated/α-hetero) is 1. The summed E-state index contributed by atoms with van der Waals surface area (Å²) in [5, 5.41) is 0. The van der Waals surface area contributed by atoms with Crippen molar-refractivity contribution >= 4 is 5.78 Å². The summed E-state index contributed by atoms with van der Waals surface area (Å²) < 4.78 is 5.62. The zero-order chi connectivity index (χ0) is 11.5. The molecule has 86 valence electrons. The molecule has 0 aliphatic carbocycles. The predicted molar refractivity (Wildman–Crippen MR) is 63.6 cm³/mol. The number of benzene rings is 1. The van der Waals surface area contributed by atoms with E-state index >= 15 is 0 Å². The molecule has 0 N–H and O–H groups in total. The van der Waals surface area contributed by atoms with Crippen molar-refractivity contribution in [1.29, 1.82) is 0 Å². The molecular formula is C14H18O2. The van der Waals surface area contributed by atoms with E-state index in [1.165, 1.54) is 0 Å². The molecule has 0 fully saturated rings. The van der Waals surface area contributed by atoms with Crippen LogP contribution in [0, 0.1) is 11.8 Å². The summed E-state index contributed by atoms with van der Waals surface area (Å²) >= 11 is 0. The van der Waals surface area contributed by atoms with Gasteiger partial charge in [0.1, 0.15) is 11.5 Å². The van der Waals surface area contributed by atoms with Crippen LogP contribution in [-0.4, -0.2) is 12.4 Å². The minimum Gasteiger partial charge on any atom is -0.493 e. The number of carbonyl (C=O) groups is 1. The first-order valence-corrected chi connectivity index (χ1v) is 5.90. The number of carbonyl (C=O) groups excluding carboxylic acids is 1. The Morgan fingerprint density at radius 1 is 1.44 bits per heavy atom. The summed E-state index contributed by atoms with van der Waals surface area (Å²) in [6.07, 6.45) is 1.50. The van der Waals surface area contributed by atoms with Gasteiger partial charge in [0, 0.05) is 6.42 Å². The average Bonchev–Trinajstić information content (AvgIpc) is 2.27. The molecule has 0 radical (unpaired) electrons. The van der Waals surface area contributed by atoms with Gasteiger partial charge >= 0.3 is 0 Å². The van der Waals surface area contributed by atoms with Crippen molar-refractivity contribution < 1.29 is 9.53 Å². The Kier molecular flexibility index (Phi) is 3.28. The Morgan fingerprint density at radius 2 is 2.19 bits per heavy atom. The Morgan fingerprint density at radius 3 is 2.94 bits per heavy atom. The summed E-state index contributed by atoms with van der Waals surface area (Å²) in [4.78, 5) is 11.9. The molecule has 1 heterocycles. The van der Waals surface area contributed by atoms with Gasteiger partial charge in [0.2, 0.25) is 0 Å². The summed E-state index contributed by atoms with van der Waals surface area (Å²) in [6.45, 7) is 4.70. The smallest absolute Gasteiger partial charge is 0.139 e. The molecule has 1 unspecified atom stereocenters. The molecule has 1 aromatic rings. The molecule has 2 heteroatoms. The fraction of sp³-hybridized carbons (Fsp3) is 0.500. The predicted octanol–water partition coefficient (Wildman–Crippen LogP) is 2.85. The maximum absolute atomic E-state index is 11.9. The molecule has 0 bridgehead atoms. The lowest BCUT2D eigenvalue weighted by Gasteiger charge is -2.24. The second kappa shape index (κ2) is 4.69. The zero-order valence-electron chi connectivity index (χ0n) is 9.90. The molecule has 16 heavy (non-hydrogen) atoms. The van der Waals surface area contributed by atoms with Gasteiger partial charge in [-0.1, -0.05) is 32.0 Å². The quantitative estimate of drug-likeness (QED) is 0.779. The summed E-state index contributed by atoms with van der Waals surface area (Å²) in [5.41, 5.74) is 1.16. The van der Waals surface area contributed by atoms with Gasteiger partial charge in [-0.2, -0.15) is 0 Å². The van der Waals surface area contributed by atoms with Gasteiger partial charge in [-0.25, -0.2) is 0 Å². The van der Waals surface area contributed by atoms with Crippen LogP contribution in [0.1, 0.15) is 25.8 Å². The highest BCUT2D eigenvalue weighted by molar-refractivity contribution is 5.82. The Labute approximate surface area is 96.6 Å². The molecule has 0 amide bonds. The van der Waals surface area contributed by atoms with E-state index in [0.717, 1.165) is 17.7 Å². The molecule has 1 atom stereocenters. The second-order valence-corrected chi connectivity index (χ2v) is 4.88. The van der Waals surface area contributed by atoms with Gasteiger partial charge in [0.25, 0.3) is 0 Å². The van der Waals surface area contributed by atoms with Gasteiger partial charge < -0.3 is 4.74 Å². The largest absolute Gasteiger partial charge is 0.493 e. The van der Waals surface area contributed by atoms with E-state index in [1.807, 2.05) is 24.3 Å². The van der Waals surface area contributed by atoms with E-state index in [1.54, 1.807) is 0 Å². The minimum absolute atomic E-state index is 0.0531. The van der Waals surface area contributed by atoms with Crippen molar-refractivity contribution in [1.82, 2.24) is 0 Å². The Balaban J connectivity index is 2.05. The lowest BCUT2D eigenvalue weighted by atomic mass is 9.89. The number of ketones is 1. The van der Waals surface area contributed by atoms with E-state index in [4.69, 9.17) is 4.74 Å². The van der Waals surface area contributed by atoms with Gasteiger partial charge in [0.05, 0.1) is 12.5 Å². The van der Waals surface area contributed by atoms with Gasteiger partial charge in [-0.15, -0.1) is 0 Å². The van der Waals surface area contributed by atoms with Crippen LogP contribution in [0.2, 0.25) is 0 Å². The highest BCUT2D eigenvalue weighted by Gasteiger charge is 2.25. The molecule has 1 aliphatic heterocycles. The molecule has 0 saturated carbocycles. The van der Waals surface area contributed by atoms with Crippen LogP contribution >= 0.6 is 0 Å². The van der Waals surface area contributed by atoms with E-state index in [0.29, 0.717) is 24.7 Å². The molecule has 0 spiro atoms. The highest BCUT2D eigenvalue weighted by atomic mass is 16.5. The topological polar surface area (TPSA) is 26.3 Å². The van der Waals surface area contributed by atoms with E-state index in [2.05, 4.69) is 13.8 Å². The summed E-state index contributed by atoms with van der Waals surface area (Å²) in [6, 6.07) is 7.98. The Hall–Kier alpha value is -1.31. The number of hydrogen-bond acceptors (Lipinski definition) is 2. The van der Waals surface area contributed by atoms with Crippen LogP contribution in [-0.2, 0) is 11.2 Å². The van der Waals surface area contributed by atoms with Gasteiger partial charge in [0.15, 0.2) is 0 Å². The van der Waals surface area contributed by atoms with E-state index in [-0.39, 0.29) is 5.92 Å². The SMILES string of the molecule is CC(C)CC(=O)C1COc2ccccc2C1. The third-order valence-electron chi connectivity index (χ3n) is 2.94. The fourth-order valence-electron chi connectivity index (χ4n) is 2.10. The monoisotopic (exact) mass is 218 g/mol. The molecule has 1 aromatic carbocycles. The van der Waals surface area contributed by atoms with Crippen LogP contribution in [0.25, 0.3) is 0 Å². The maximum atomic E-state index is 11.9. The third-order valence-corrected chi connectivity index (χ3v) is 2.94. The first-order valence-electron chi connectivity index (χ1n) is 5.90. The average molecular weight is 218 g/mol. The first-order chi connectivity index (χ1) is 7.66. The summed E-state index contributed by atoms with van der Waals surface area (Å²) in [5.74, 6) is 1.77. The van der Waals surface area contributed by atoms with Crippen LogP contribution in [0.15, 0.2) is 24.3 Å². The first kappa shape index (κ1) is 11.2. The van der Waals surface area contributed by atoms with Crippen molar-refractivity contribution in [3.05, 3.63) is 29.8 Å². The molecule has 0 aromatic heterocycles. The van der Waals surface area contributed by atoms with Crippen molar-refractivity contribution in [3.63, 3.8) is 0 Å². The molecule has 2 rings (SSSR count). The van der Waals surface area contributed by atoms with Crippen LogP contribution in [0.5, 0.6) is 5.75 Å². The number of para-hydroxylation sites is 1. The van der Waals surface area contributed by atoms with Crippen molar-refractivity contribution in [3.8, 4) is 5.75 Å². The number of ether oxygens (including phenoxy) is 1. The minimum atomic E-state index is 0.0531. The zero-order valence-corrected chi connectivity index (χ0v) is 9.90. The number of hydrogen-bond donors (Lipinski definition) is 0. The van der Waals surface area contributed by atoms with E-state index < -0.39 is 0 Å². The lowest BCUT2D eigenvalue weighted by Crippen LogP contribution is -2.28. The van der Waals surface area contributed by atoms with E-state index in [9.17, 15) is 4.79 Å². The van der Waals surface area contributed by atoms with Crippen molar-refractivity contribution in [2.24, 2.45) is 11.8 Å². The number of fused-ring (bicyclic) bond motifs is 1. The van der Waals surface area contributed by atoms with Crippen LogP contribution in [0.4, 0.5) is 0 Å². The molecule has 1 aliphatic rings. The highest BCUT2D eigenvalue weighted by Crippen LogP contribution is 2.28. The molecule has 2 nitrogen and oxygen atoms in total. The van der Waals surface area contributed by atoms with Crippen molar-refractivity contribution in [2.75, 3.05) is 6.61 Å². The Bertz CT molecular complexity index is 382. The standard InChI is InChI=1S/C14H18O2/c1-10(2)7-13(15)12-8-11-5-3-4-6-14(11)16-9-12/h3-6,10,12H,7-9H2,1-2H3.